The predicted molar refractivity (Wildman–Crippen MR) is 52.9 cm³/mol. The predicted octanol–water partition coefficient (Wildman–Crippen LogP) is 2.04. The molecular weight excluding hydrogens is 181 g/mol. The molecule has 2 unspecified atom stereocenters. The van der Waals surface area contributed by atoms with Gasteiger partial charge in [0.15, 0.2) is 0 Å². The van der Waals surface area contributed by atoms with Crippen LogP contribution in [0, 0.1) is 5.82 Å². The van der Waals surface area contributed by atoms with Crippen molar-refractivity contribution >= 4 is 0 Å². The average molecular weight is 195 g/mol. The Labute approximate surface area is 82.9 Å². The highest BCUT2D eigenvalue weighted by molar-refractivity contribution is 5.41. The molecule has 0 saturated carbocycles. The van der Waals surface area contributed by atoms with E-state index in [1.165, 1.54) is 6.07 Å². The first-order chi connectivity index (χ1) is 6.72. The van der Waals surface area contributed by atoms with Crippen LogP contribution in [0.5, 0.6) is 5.75 Å². The number of rotatable bonds is 2. The van der Waals surface area contributed by atoms with Gasteiger partial charge in [-0.3, -0.25) is 0 Å². The third-order valence-electron chi connectivity index (χ3n) is 2.73. The van der Waals surface area contributed by atoms with Gasteiger partial charge in [-0.25, -0.2) is 4.39 Å². The maximum Gasteiger partial charge on any atom is 0.123 e. The Balaban J connectivity index is 2.34. The van der Waals surface area contributed by atoms with Crippen molar-refractivity contribution in [1.29, 1.82) is 0 Å². The number of hydrogen-bond acceptors (Lipinski definition) is 2. The van der Waals surface area contributed by atoms with Crippen LogP contribution >= 0.6 is 0 Å². The van der Waals surface area contributed by atoms with Crippen LogP contribution in [-0.4, -0.2) is 12.6 Å². The fourth-order valence-corrected chi connectivity index (χ4v) is 2.02. The van der Waals surface area contributed by atoms with Crippen LogP contribution in [0.1, 0.15) is 24.8 Å². The Bertz CT molecular complexity index is 340. The summed E-state index contributed by atoms with van der Waals surface area (Å²) in [5, 5.41) is 0. The molecule has 2 atom stereocenters. The van der Waals surface area contributed by atoms with Gasteiger partial charge in [-0.1, -0.05) is 0 Å². The SMILES string of the molecule is CC1Oc2ccc(F)cc2C1CCN. The van der Waals surface area contributed by atoms with Gasteiger partial charge in [-0.05, 0) is 38.1 Å². The normalized spacial score (nSPS) is 24.5. The van der Waals surface area contributed by atoms with Gasteiger partial charge in [0.2, 0.25) is 0 Å². The van der Waals surface area contributed by atoms with E-state index >= 15 is 0 Å². The summed E-state index contributed by atoms with van der Waals surface area (Å²) in [7, 11) is 0. The molecule has 0 aliphatic carbocycles. The minimum Gasteiger partial charge on any atom is -0.490 e. The second kappa shape index (κ2) is 3.58. The van der Waals surface area contributed by atoms with Crippen LogP contribution in [0.2, 0.25) is 0 Å². The van der Waals surface area contributed by atoms with E-state index in [4.69, 9.17) is 10.5 Å². The molecule has 76 valence electrons. The molecule has 2 N–H and O–H groups in total. The van der Waals surface area contributed by atoms with Crippen molar-refractivity contribution in [2.45, 2.75) is 25.4 Å². The molecule has 1 aromatic carbocycles. The topological polar surface area (TPSA) is 35.2 Å². The molecule has 0 radical (unpaired) electrons. The zero-order valence-corrected chi connectivity index (χ0v) is 8.16. The first-order valence-corrected chi connectivity index (χ1v) is 4.88. The van der Waals surface area contributed by atoms with Gasteiger partial charge in [0.25, 0.3) is 0 Å². The average Bonchev–Trinajstić information content (AvgIpc) is 2.45. The molecule has 0 saturated heterocycles. The maximum atomic E-state index is 13.0. The highest BCUT2D eigenvalue weighted by atomic mass is 19.1. The van der Waals surface area contributed by atoms with E-state index in [9.17, 15) is 4.39 Å². The minimum atomic E-state index is -0.205. The summed E-state index contributed by atoms with van der Waals surface area (Å²) in [6.07, 6.45) is 0.952. The van der Waals surface area contributed by atoms with Crippen LogP contribution in [0.3, 0.4) is 0 Å². The van der Waals surface area contributed by atoms with Gasteiger partial charge in [0, 0.05) is 11.5 Å². The fraction of sp³-hybridized carbons (Fsp3) is 0.455. The highest BCUT2D eigenvalue weighted by Crippen LogP contribution is 2.39. The summed E-state index contributed by atoms with van der Waals surface area (Å²) in [5.41, 5.74) is 6.48. The summed E-state index contributed by atoms with van der Waals surface area (Å²) in [6, 6.07) is 4.67. The number of ether oxygens (including phenoxy) is 1. The molecule has 0 fully saturated rings. The van der Waals surface area contributed by atoms with E-state index in [2.05, 4.69) is 0 Å². The van der Waals surface area contributed by atoms with Crippen molar-refractivity contribution in [1.82, 2.24) is 0 Å². The van der Waals surface area contributed by atoms with Crippen molar-refractivity contribution in [2.75, 3.05) is 6.54 Å². The van der Waals surface area contributed by atoms with Crippen molar-refractivity contribution in [2.24, 2.45) is 5.73 Å². The fourth-order valence-electron chi connectivity index (χ4n) is 2.02. The van der Waals surface area contributed by atoms with Crippen LogP contribution in [0.4, 0.5) is 4.39 Å². The van der Waals surface area contributed by atoms with E-state index in [0.717, 1.165) is 17.7 Å². The van der Waals surface area contributed by atoms with Gasteiger partial charge in [0.1, 0.15) is 17.7 Å². The molecule has 2 rings (SSSR count). The van der Waals surface area contributed by atoms with Crippen LogP contribution in [0.25, 0.3) is 0 Å². The lowest BCUT2D eigenvalue weighted by molar-refractivity contribution is 0.222. The van der Waals surface area contributed by atoms with E-state index < -0.39 is 0 Å². The smallest absolute Gasteiger partial charge is 0.123 e. The van der Waals surface area contributed by atoms with Gasteiger partial charge < -0.3 is 10.5 Å². The molecule has 1 aliphatic rings. The van der Waals surface area contributed by atoms with Crippen LogP contribution in [-0.2, 0) is 0 Å². The Morgan fingerprint density at radius 3 is 3.00 bits per heavy atom. The molecule has 14 heavy (non-hydrogen) atoms. The maximum absolute atomic E-state index is 13.0. The molecular formula is C11H14FNO. The second-order valence-corrected chi connectivity index (χ2v) is 3.69. The quantitative estimate of drug-likeness (QED) is 0.783. The summed E-state index contributed by atoms with van der Waals surface area (Å²) in [4.78, 5) is 0. The summed E-state index contributed by atoms with van der Waals surface area (Å²) >= 11 is 0. The number of hydrogen-bond donors (Lipinski definition) is 1. The number of nitrogens with two attached hydrogens (primary N) is 1. The molecule has 1 aliphatic heterocycles. The lowest BCUT2D eigenvalue weighted by Crippen LogP contribution is -2.17. The standard InChI is InChI=1S/C11H14FNO/c1-7-9(4-5-13)10-6-8(12)2-3-11(10)14-7/h2-3,6-7,9H,4-5,13H2,1H3. The number of halogens is 1. The van der Waals surface area contributed by atoms with E-state index in [-0.39, 0.29) is 17.8 Å². The highest BCUT2D eigenvalue weighted by Gasteiger charge is 2.30. The van der Waals surface area contributed by atoms with Gasteiger partial charge in [-0.15, -0.1) is 0 Å². The third kappa shape index (κ3) is 1.48. The van der Waals surface area contributed by atoms with Gasteiger partial charge >= 0.3 is 0 Å². The first-order valence-electron chi connectivity index (χ1n) is 4.88. The zero-order chi connectivity index (χ0) is 10.1. The Morgan fingerprint density at radius 1 is 1.50 bits per heavy atom. The summed E-state index contributed by atoms with van der Waals surface area (Å²) in [6.45, 7) is 2.60. The largest absolute Gasteiger partial charge is 0.490 e. The lowest BCUT2D eigenvalue weighted by Gasteiger charge is -2.12. The zero-order valence-electron chi connectivity index (χ0n) is 8.16. The molecule has 0 aromatic heterocycles. The molecule has 0 amide bonds. The Morgan fingerprint density at radius 2 is 2.29 bits per heavy atom. The summed E-state index contributed by atoms with van der Waals surface area (Å²) < 4.78 is 18.6. The Kier molecular flexibility index (Phi) is 2.42. The third-order valence-corrected chi connectivity index (χ3v) is 2.73. The monoisotopic (exact) mass is 195 g/mol. The molecule has 1 aromatic rings. The number of benzene rings is 1. The van der Waals surface area contributed by atoms with Crippen molar-refractivity contribution < 1.29 is 9.13 Å². The minimum absolute atomic E-state index is 0.107. The Hall–Kier alpha value is -1.09. The van der Waals surface area contributed by atoms with Crippen LogP contribution in [0.15, 0.2) is 18.2 Å². The lowest BCUT2D eigenvalue weighted by atomic mass is 9.93. The summed E-state index contributed by atoms with van der Waals surface area (Å²) in [5.74, 6) is 0.839. The van der Waals surface area contributed by atoms with E-state index in [0.29, 0.717) is 6.54 Å². The second-order valence-electron chi connectivity index (χ2n) is 3.69. The van der Waals surface area contributed by atoms with Crippen molar-refractivity contribution in [3.05, 3.63) is 29.6 Å². The van der Waals surface area contributed by atoms with Gasteiger partial charge in [0.05, 0.1) is 0 Å². The molecule has 1 heterocycles. The molecule has 2 nitrogen and oxygen atoms in total. The van der Waals surface area contributed by atoms with E-state index in [1.54, 1.807) is 12.1 Å². The molecule has 0 bridgehead atoms. The number of fused-ring (bicyclic) bond motifs is 1. The van der Waals surface area contributed by atoms with E-state index in [1.807, 2.05) is 6.92 Å². The molecule has 3 heteroatoms. The van der Waals surface area contributed by atoms with Crippen molar-refractivity contribution in [3.8, 4) is 5.75 Å². The first kappa shape index (κ1) is 9.46. The van der Waals surface area contributed by atoms with Crippen LogP contribution < -0.4 is 10.5 Å². The van der Waals surface area contributed by atoms with Gasteiger partial charge in [-0.2, -0.15) is 0 Å². The molecule has 0 spiro atoms. The van der Waals surface area contributed by atoms with Crippen molar-refractivity contribution in [3.63, 3.8) is 0 Å².